The van der Waals surface area contributed by atoms with Crippen LogP contribution >= 0.6 is 0 Å². The second-order valence-electron chi connectivity index (χ2n) is 5.44. The summed E-state index contributed by atoms with van der Waals surface area (Å²) in [6, 6.07) is 5.42. The van der Waals surface area contributed by atoms with Crippen molar-refractivity contribution in [3.05, 3.63) is 29.3 Å². The standard InChI is InChI=1S/C16H17NO5/c1-21-13-2-3-14-11(7-13)6-12(9-22-14)15(18)17-5-4-10(8-17)16(19)20/h2-3,6-7,10H,4-5,8-9H2,1H3,(H,19,20). The lowest BCUT2D eigenvalue weighted by Crippen LogP contribution is -2.33. The summed E-state index contributed by atoms with van der Waals surface area (Å²) >= 11 is 0. The fourth-order valence-electron chi connectivity index (χ4n) is 2.76. The van der Waals surface area contributed by atoms with Crippen LogP contribution in [0.4, 0.5) is 0 Å². The molecule has 3 rings (SSSR count). The van der Waals surface area contributed by atoms with Gasteiger partial charge in [0.2, 0.25) is 0 Å². The molecule has 0 bridgehead atoms. The summed E-state index contributed by atoms with van der Waals surface area (Å²) in [5.74, 6) is -0.0699. The molecule has 1 atom stereocenters. The highest BCUT2D eigenvalue weighted by Crippen LogP contribution is 2.31. The average molecular weight is 303 g/mol. The Bertz CT molecular complexity index is 652. The summed E-state index contributed by atoms with van der Waals surface area (Å²) < 4.78 is 10.8. The summed E-state index contributed by atoms with van der Waals surface area (Å²) in [6.07, 6.45) is 2.29. The Hall–Kier alpha value is -2.50. The number of rotatable bonds is 3. The largest absolute Gasteiger partial charge is 0.497 e. The number of fused-ring (bicyclic) bond motifs is 1. The van der Waals surface area contributed by atoms with Crippen LogP contribution in [0, 0.1) is 5.92 Å². The molecule has 1 fully saturated rings. The summed E-state index contributed by atoms with van der Waals surface area (Å²) in [5, 5.41) is 9.02. The monoisotopic (exact) mass is 303 g/mol. The van der Waals surface area contributed by atoms with Crippen LogP contribution in [0.3, 0.4) is 0 Å². The highest BCUT2D eigenvalue weighted by atomic mass is 16.5. The number of hydrogen-bond acceptors (Lipinski definition) is 4. The van der Waals surface area contributed by atoms with Crippen LogP contribution in [-0.2, 0) is 9.59 Å². The molecule has 1 aromatic carbocycles. The number of methoxy groups -OCH3 is 1. The number of carbonyl (C=O) groups is 2. The molecule has 1 unspecified atom stereocenters. The zero-order valence-electron chi connectivity index (χ0n) is 12.2. The van der Waals surface area contributed by atoms with E-state index in [1.807, 2.05) is 12.1 Å². The Balaban J connectivity index is 1.79. The number of amides is 1. The molecule has 6 heteroatoms. The van der Waals surface area contributed by atoms with E-state index in [0.717, 1.165) is 5.56 Å². The number of ether oxygens (including phenoxy) is 2. The number of hydrogen-bond donors (Lipinski definition) is 1. The Kier molecular flexibility index (Phi) is 3.75. The zero-order valence-corrected chi connectivity index (χ0v) is 12.2. The number of carboxylic acid groups (broad SMARTS) is 1. The van der Waals surface area contributed by atoms with Crippen molar-refractivity contribution < 1.29 is 24.2 Å². The fraction of sp³-hybridized carbons (Fsp3) is 0.375. The van der Waals surface area contributed by atoms with Gasteiger partial charge >= 0.3 is 5.97 Å². The quantitative estimate of drug-likeness (QED) is 0.913. The lowest BCUT2D eigenvalue weighted by atomic mass is 10.1. The van der Waals surface area contributed by atoms with Crippen LogP contribution in [0.1, 0.15) is 12.0 Å². The topological polar surface area (TPSA) is 76.1 Å². The van der Waals surface area contributed by atoms with Gasteiger partial charge in [-0.25, -0.2) is 0 Å². The first kappa shape index (κ1) is 14.4. The number of likely N-dealkylation sites (tertiary alicyclic amines) is 1. The molecule has 0 aromatic heterocycles. The maximum atomic E-state index is 12.5. The first-order chi connectivity index (χ1) is 10.6. The molecule has 0 spiro atoms. The summed E-state index contributed by atoms with van der Waals surface area (Å²) in [4.78, 5) is 25.1. The minimum Gasteiger partial charge on any atom is -0.497 e. The van der Waals surface area contributed by atoms with Gasteiger partial charge in [-0.3, -0.25) is 9.59 Å². The predicted octanol–water partition coefficient (Wildman–Crippen LogP) is 1.40. The molecule has 1 N–H and O–H groups in total. The molecular formula is C16H17NO5. The van der Waals surface area contributed by atoms with E-state index in [4.69, 9.17) is 14.6 Å². The number of benzene rings is 1. The molecule has 22 heavy (non-hydrogen) atoms. The maximum absolute atomic E-state index is 12.5. The highest BCUT2D eigenvalue weighted by molar-refractivity contribution is 5.99. The van der Waals surface area contributed by atoms with Crippen molar-refractivity contribution in [1.29, 1.82) is 0 Å². The third-order valence-electron chi connectivity index (χ3n) is 4.03. The lowest BCUT2D eigenvalue weighted by molar-refractivity contribution is -0.141. The molecule has 1 aromatic rings. The van der Waals surface area contributed by atoms with Gasteiger partial charge in [-0.15, -0.1) is 0 Å². The minimum absolute atomic E-state index is 0.155. The molecule has 2 aliphatic heterocycles. The van der Waals surface area contributed by atoms with Crippen LogP contribution in [-0.4, -0.2) is 48.7 Å². The van der Waals surface area contributed by atoms with Crippen molar-refractivity contribution in [2.45, 2.75) is 6.42 Å². The molecular weight excluding hydrogens is 286 g/mol. The second kappa shape index (κ2) is 5.71. The molecule has 6 nitrogen and oxygen atoms in total. The number of aliphatic carboxylic acids is 1. The van der Waals surface area contributed by atoms with Crippen molar-refractivity contribution in [3.63, 3.8) is 0 Å². The van der Waals surface area contributed by atoms with Crippen LogP contribution in [0.15, 0.2) is 23.8 Å². The second-order valence-corrected chi connectivity index (χ2v) is 5.44. The third-order valence-corrected chi connectivity index (χ3v) is 4.03. The van der Waals surface area contributed by atoms with Gasteiger partial charge in [0.05, 0.1) is 18.6 Å². The smallest absolute Gasteiger partial charge is 0.308 e. The number of carboxylic acids is 1. The Morgan fingerprint density at radius 2 is 2.23 bits per heavy atom. The van der Waals surface area contributed by atoms with Crippen molar-refractivity contribution in [2.24, 2.45) is 5.92 Å². The Morgan fingerprint density at radius 3 is 2.91 bits per heavy atom. The highest BCUT2D eigenvalue weighted by Gasteiger charge is 2.32. The minimum atomic E-state index is -0.848. The van der Waals surface area contributed by atoms with Gasteiger partial charge in [-0.05, 0) is 30.7 Å². The van der Waals surface area contributed by atoms with E-state index in [9.17, 15) is 9.59 Å². The third kappa shape index (κ3) is 2.64. The maximum Gasteiger partial charge on any atom is 0.308 e. The first-order valence-electron chi connectivity index (χ1n) is 7.12. The SMILES string of the molecule is COc1ccc2c(c1)C=C(C(=O)N1CCC(C(=O)O)C1)CO2. The van der Waals surface area contributed by atoms with Gasteiger partial charge < -0.3 is 19.5 Å². The molecule has 1 amide bonds. The van der Waals surface area contributed by atoms with E-state index in [2.05, 4.69) is 0 Å². The molecule has 0 radical (unpaired) electrons. The van der Waals surface area contributed by atoms with E-state index in [-0.39, 0.29) is 19.1 Å². The molecule has 1 saturated heterocycles. The normalized spacial score (nSPS) is 20.0. The number of nitrogens with zero attached hydrogens (tertiary/aromatic N) is 1. The van der Waals surface area contributed by atoms with Crippen LogP contribution < -0.4 is 9.47 Å². The summed E-state index contributed by atoms with van der Waals surface area (Å²) in [7, 11) is 1.58. The van der Waals surface area contributed by atoms with Gasteiger partial charge in [0, 0.05) is 18.7 Å². The van der Waals surface area contributed by atoms with E-state index in [1.54, 1.807) is 24.2 Å². The van der Waals surface area contributed by atoms with Gasteiger partial charge in [-0.2, -0.15) is 0 Å². The van der Waals surface area contributed by atoms with Gasteiger partial charge in [0.15, 0.2) is 0 Å². The van der Waals surface area contributed by atoms with Crippen LogP contribution in [0.5, 0.6) is 11.5 Å². The Morgan fingerprint density at radius 1 is 1.41 bits per heavy atom. The summed E-state index contributed by atoms with van der Waals surface area (Å²) in [6.45, 7) is 0.932. The lowest BCUT2D eigenvalue weighted by Gasteiger charge is -2.22. The number of carbonyl (C=O) groups excluding carboxylic acids is 1. The van der Waals surface area contributed by atoms with E-state index in [1.165, 1.54) is 0 Å². The average Bonchev–Trinajstić information content (AvgIpc) is 3.03. The summed E-state index contributed by atoms with van der Waals surface area (Å²) in [5.41, 5.74) is 1.33. The molecule has 2 heterocycles. The van der Waals surface area contributed by atoms with Crippen molar-refractivity contribution in [1.82, 2.24) is 4.90 Å². The fourth-order valence-corrected chi connectivity index (χ4v) is 2.76. The van der Waals surface area contributed by atoms with E-state index < -0.39 is 11.9 Å². The van der Waals surface area contributed by atoms with Crippen LogP contribution in [0.2, 0.25) is 0 Å². The molecule has 116 valence electrons. The van der Waals surface area contributed by atoms with Crippen molar-refractivity contribution >= 4 is 18.0 Å². The zero-order chi connectivity index (χ0) is 15.7. The predicted molar refractivity (Wildman–Crippen MR) is 78.8 cm³/mol. The molecule has 2 aliphatic rings. The van der Waals surface area contributed by atoms with Crippen molar-refractivity contribution in [2.75, 3.05) is 26.8 Å². The Labute approximate surface area is 127 Å². The van der Waals surface area contributed by atoms with E-state index >= 15 is 0 Å². The molecule has 0 aliphatic carbocycles. The van der Waals surface area contributed by atoms with Gasteiger partial charge in [0.25, 0.3) is 5.91 Å². The van der Waals surface area contributed by atoms with Gasteiger partial charge in [-0.1, -0.05) is 0 Å². The molecule has 0 saturated carbocycles. The van der Waals surface area contributed by atoms with Crippen molar-refractivity contribution in [3.8, 4) is 11.5 Å². The first-order valence-corrected chi connectivity index (χ1v) is 7.12. The van der Waals surface area contributed by atoms with Crippen LogP contribution in [0.25, 0.3) is 6.08 Å². The van der Waals surface area contributed by atoms with E-state index in [0.29, 0.717) is 30.0 Å². The van der Waals surface area contributed by atoms with Gasteiger partial charge in [0.1, 0.15) is 18.1 Å².